The molecule has 0 unspecified atom stereocenters. The average molecular weight is 402 g/mol. The number of aromatic nitrogens is 2. The van der Waals surface area contributed by atoms with Gasteiger partial charge >= 0.3 is 0 Å². The molecule has 1 amide bonds. The van der Waals surface area contributed by atoms with Crippen LogP contribution in [0.2, 0.25) is 0 Å². The van der Waals surface area contributed by atoms with Crippen molar-refractivity contribution in [1.82, 2.24) is 15.1 Å². The van der Waals surface area contributed by atoms with Crippen LogP contribution in [0.25, 0.3) is 11.5 Å². The minimum Gasteiger partial charge on any atom is -0.411 e. The molecule has 0 aliphatic carbocycles. The molecule has 0 saturated carbocycles. The van der Waals surface area contributed by atoms with Crippen molar-refractivity contribution >= 4 is 23.4 Å². The molecular formula is C18H15FN4O4S. The number of non-ortho nitro benzene ring substituents is 1. The van der Waals surface area contributed by atoms with Gasteiger partial charge in [0.15, 0.2) is 0 Å². The van der Waals surface area contributed by atoms with Crippen molar-refractivity contribution in [3.63, 3.8) is 0 Å². The molecule has 1 heterocycles. The van der Waals surface area contributed by atoms with Gasteiger partial charge in [-0.3, -0.25) is 14.9 Å². The number of hydrogen-bond acceptors (Lipinski definition) is 7. The quantitative estimate of drug-likeness (QED) is 0.338. The first-order valence-corrected chi connectivity index (χ1v) is 9.11. The second-order valence-electron chi connectivity index (χ2n) is 5.81. The molecule has 0 N–H and O–H groups in total. The molecule has 0 spiro atoms. The van der Waals surface area contributed by atoms with Gasteiger partial charge in [-0.2, -0.15) is 0 Å². The Labute approximate surface area is 163 Å². The van der Waals surface area contributed by atoms with Crippen LogP contribution in [0.4, 0.5) is 10.1 Å². The summed E-state index contributed by atoms with van der Waals surface area (Å²) in [4.78, 5) is 24.0. The predicted octanol–water partition coefficient (Wildman–Crippen LogP) is 3.53. The van der Waals surface area contributed by atoms with Crippen molar-refractivity contribution in [2.75, 3.05) is 12.8 Å². The number of carbonyl (C=O) groups is 1. The second kappa shape index (κ2) is 8.61. The Balaban J connectivity index is 1.59. The average Bonchev–Trinajstić information content (AvgIpc) is 3.17. The SMILES string of the molecule is CN(Cc1ccccc1F)C(=O)CSc1nnc(-c2cccc([N+](=O)[O-])c2)o1. The Morgan fingerprint density at radius 3 is 2.79 bits per heavy atom. The summed E-state index contributed by atoms with van der Waals surface area (Å²) in [7, 11) is 1.58. The van der Waals surface area contributed by atoms with E-state index in [4.69, 9.17) is 4.42 Å². The Morgan fingerprint density at radius 1 is 1.25 bits per heavy atom. The van der Waals surface area contributed by atoms with E-state index in [1.165, 1.54) is 29.2 Å². The van der Waals surface area contributed by atoms with Gasteiger partial charge in [-0.15, -0.1) is 10.2 Å². The molecule has 144 valence electrons. The highest BCUT2D eigenvalue weighted by Crippen LogP contribution is 2.26. The van der Waals surface area contributed by atoms with Crippen molar-refractivity contribution in [3.05, 3.63) is 70.0 Å². The van der Waals surface area contributed by atoms with Crippen LogP contribution in [0.15, 0.2) is 58.2 Å². The minimum atomic E-state index is -0.514. The molecule has 0 fully saturated rings. The van der Waals surface area contributed by atoms with Crippen LogP contribution in [0.5, 0.6) is 0 Å². The molecule has 1 aromatic heterocycles. The highest BCUT2D eigenvalue weighted by atomic mass is 32.2. The van der Waals surface area contributed by atoms with Crippen LogP contribution in [0, 0.1) is 15.9 Å². The number of hydrogen-bond donors (Lipinski definition) is 0. The van der Waals surface area contributed by atoms with Gasteiger partial charge in [0.05, 0.1) is 10.7 Å². The molecular weight excluding hydrogens is 387 g/mol. The molecule has 0 bridgehead atoms. The maximum Gasteiger partial charge on any atom is 0.277 e. The lowest BCUT2D eigenvalue weighted by molar-refractivity contribution is -0.384. The van der Waals surface area contributed by atoms with Gasteiger partial charge in [0, 0.05) is 36.9 Å². The summed E-state index contributed by atoms with van der Waals surface area (Å²) >= 11 is 1.04. The third-order valence-corrected chi connectivity index (χ3v) is 4.62. The number of carbonyl (C=O) groups excluding carboxylic acids is 1. The lowest BCUT2D eigenvalue weighted by atomic mass is 10.2. The molecule has 28 heavy (non-hydrogen) atoms. The largest absolute Gasteiger partial charge is 0.411 e. The molecule has 0 atom stereocenters. The molecule has 0 radical (unpaired) electrons. The zero-order chi connectivity index (χ0) is 20.1. The Hall–Kier alpha value is -3.27. The third kappa shape index (κ3) is 4.71. The van der Waals surface area contributed by atoms with Crippen molar-refractivity contribution in [3.8, 4) is 11.5 Å². The fourth-order valence-electron chi connectivity index (χ4n) is 2.34. The smallest absolute Gasteiger partial charge is 0.277 e. The lowest BCUT2D eigenvalue weighted by Crippen LogP contribution is -2.28. The van der Waals surface area contributed by atoms with Crippen molar-refractivity contribution in [1.29, 1.82) is 0 Å². The predicted molar refractivity (Wildman–Crippen MR) is 100.0 cm³/mol. The standard InChI is InChI=1S/C18H15FN4O4S/c1-22(10-13-5-2-3-8-15(13)19)16(24)11-28-18-21-20-17(27-18)12-6-4-7-14(9-12)23(25)26/h2-9H,10-11H2,1H3. The molecule has 0 saturated heterocycles. The van der Waals surface area contributed by atoms with E-state index >= 15 is 0 Å². The first-order chi connectivity index (χ1) is 13.4. The topological polar surface area (TPSA) is 102 Å². The number of nitro groups is 1. The van der Waals surface area contributed by atoms with Crippen LogP contribution in [0.3, 0.4) is 0 Å². The number of thioether (sulfide) groups is 1. The number of rotatable bonds is 7. The summed E-state index contributed by atoms with van der Waals surface area (Å²) in [6.45, 7) is 0.148. The first kappa shape index (κ1) is 19.5. The van der Waals surface area contributed by atoms with E-state index in [9.17, 15) is 19.3 Å². The van der Waals surface area contributed by atoms with E-state index in [0.717, 1.165) is 11.8 Å². The highest BCUT2D eigenvalue weighted by molar-refractivity contribution is 7.99. The minimum absolute atomic E-state index is 0.0293. The van der Waals surface area contributed by atoms with Gasteiger partial charge in [0.25, 0.3) is 10.9 Å². The van der Waals surface area contributed by atoms with E-state index in [2.05, 4.69) is 10.2 Å². The summed E-state index contributed by atoms with van der Waals surface area (Å²) in [5.41, 5.74) is 0.750. The van der Waals surface area contributed by atoms with Gasteiger partial charge in [-0.05, 0) is 12.1 Å². The monoisotopic (exact) mass is 402 g/mol. The van der Waals surface area contributed by atoms with Crippen molar-refractivity contribution < 1.29 is 18.5 Å². The van der Waals surface area contributed by atoms with E-state index in [0.29, 0.717) is 11.1 Å². The van der Waals surface area contributed by atoms with Crippen LogP contribution in [0.1, 0.15) is 5.56 Å². The molecule has 0 aliphatic rings. The highest BCUT2D eigenvalue weighted by Gasteiger charge is 2.16. The summed E-state index contributed by atoms with van der Waals surface area (Å²) in [6, 6.07) is 12.1. The van der Waals surface area contributed by atoms with Gasteiger partial charge < -0.3 is 9.32 Å². The lowest BCUT2D eigenvalue weighted by Gasteiger charge is -2.16. The van der Waals surface area contributed by atoms with Crippen LogP contribution < -0.4 is 0 Å². The molecule has 10 heteroatoms. The number of amides is 1. The van der Waals surface area contributed by atoms with Crippen molar-refractivity contribution in [2.45, 2.75) is 11.8 Å². The zero-order valence-corrected chi connectivity index (χ0v) is 15.6. The number of nitrogens with zero attached hydrogens (tertiary/aromatic N) is 4. The molecule has 3 aromatic rings. The van der Waals surface area contributed by atoms with E-state index in [1.54, 1.807) is 31.3 Å². The molecule has 3 rings (SSSR count). The Kier molecular flexibility index (Phi) is 5.99. The fourth-order valence-corrected chi connectivity index (χ4v) is 3.05. The van der Waals surface area contributed by atoms with E-state index in [1.807, 2.05) is 0 Å². The number of benzene rings is 2. The molecule has 0 aliphatic heterocycles. The summed E-state index contributed by atoms with van der Waals surface area (Å²) in [5, 5.41) is 18.7. The zero-order valence-electron chi connectivity index (χ0n) is 14.7. The Morgan fingerprint density at radius 2 is 2.04 bits per heavy atom. The van der Waals surface area contributed by atoms with E-state index in [-0.39, 0.29) is 40.8 Å². The first-order valence-electron chi connectivity index (χ1n) is 8.12. The van der Waals surface area contributed by atoms with Gasteiger partial charge in [-0.1, -0.05) is 36.0 Å². The van der Waals surface area contributed by atoms with Gasteiger partial charge in [0.1, 0.15) is 5.82 Å². The van der Waals surface area contributed by atoms with Crippen LogP contribution >= 0.6 is 11.8 Å². The Bertz CT molecular complexity index is 1010. The van der Waals surface area contributed by atoms with Crippen LogP contribution in [-0.4, -0.2) is 38.7 Å². The number of nitro benzene ring substituents is 1. The van der Waals surface area contributed by atoms with Crippen LogP contribution in [-0.2, 0) is 11.3 Å². The normalized spacial score (nSPS) is 10.6. The van der Waals surface area contributed by atoms with Gasteiger partial charge in [0.2, 0.25) is 11.8 Å². The summed E-state index contributed by atoms with van der Waals surface area (Å²) in [6.07, 6.45) is 0. The molecule has 8 nitrogen and oxygen atoms in total. The maximum absolute atomic E-state index is 13.7. The number of halogens is 1. The summed E-state index contributed by atoms with van der Waals surface area (Å²) in [5.74, 6) is -0.448. The third-order valence-electron chi connectivity index (χ3n) is 3.82. The van der Waals surface area contributed by atoms with E-state index < -0.39 is 4.92 Å². The maximum atomic E-state index is 13.7. The fraction of sp³-hybridized carbons (Fsp3) is 0.167. The summed E-state index contributed by atoms with van der Waals surface area (Å²) < 4.78 is 19.1. The molecule has 2 aromatic carbocycles. The van der Waals surface area contributed by atoms with Gasteiger partial charge in [-0.25, -0.2) is 4.39 Å². The van der Waals surface area contributed by atoms with Crippen molar-refractivity contribution in [2.24, 2.45) is 0 Å². The second-order valence-corrected chi connectivity index (χ2v) is 6.74.